The quantitative estimate of drug-likeness (QED) is 0.378. The minimum atomic E-state index is -1.16. The molecule has 8 heteroatoms. The summed E-state index contributed by atoms with van der Waals surface area (Å²) in [5.74, 6) is -2.29. The Hall–Kier alpha value is -3.75. The van der Waals surface area contributed by atoms with E-state index in [4.69, 9.17) is 4.74 Å². The number of likely N-dealkylation sites (tertiary alicyclic amines) is 1. The molecule has 3 heterocycles. The van der Waals surface area contributed by atoms with Crippen LogP contribution in [0.5, 0.6) is 0 Å². The summed E-state index contributed by atoms with van der Waals surface area (Å²) in [6, 6.07) is 14.1. The maximum atomic E-state index is 14.8. The molecule has 0 radical (unpaired) electrons. The average molecular weight is 586 g/mol. The summed E-state index contributed by atoms with van der Waals surface area (Å²) in [6.07, 6.45) is 4.42. The molecule has 3 amide bonds. The number of fused-ring (bicyclic) bond motifs is 1. The molecule has 3 saturated heterocycles. The van der Waals surface area contributed by atoms with Crippen LogP contribution in [0.4, 0.5) is 5.69 Å². The predicted molar refractivity (Wildman–Crippen MR) is 166 cm³/mol. The SMILES string of the molecule is C=CCN(Cc1ccccc1)C(=O)[C@@H]1[C@H]2C(=O)N([C@@H](CC)CO)C(C(=O)N(CC=C)c3cc(C)ccc3C)C23CC[C@H]1O3. The van der Waals surface area contributed by atoms with E-state index in [0.29, 0.717) is 32.4 Å². The lowest BCUT2D eigenvalue weighted by atomic mass is 9.70. The fourth-order valence-corrected chi connectivity index (χ4v) is 7.46. The standard InChI is InChI=1S/C35H43N3O5/c1-6-18-36(21-25-12-10-9-11-13-25)32(40)29-28-16-17-35(43-28)30(29)33(41)38(26(8-3)22-39)31(35)34(42)37(19-7-2)27-20-23(4)14-15-24(27)5/h6-7,9-15,20,26,28-31,39H,1-2,8,16-19,21-22H2,3-5H3/t26-,28+,29-,30-,31?,35?/m0/s1. The molecule has 1 N–H and O–H groups in total. The van der Waals surface area contributed by atoms with Crippen LogP contribution in [0.2, 0.25) is 0 Å². The Morgan fingerprint density at radius 2 is 1.84 bits per heavy atom. The predicted octanol–water partition coefficient (Wildman–Crippen LogP) is 4.18. The highest BCUT2D eigenvalue weighted by molar-refractivity contribution is 6.05. The number of carbonyl (C=O) groups is 3. The van der Waals surface area contributed by atoms with Crippen LogP contribution in [-0.2, 0) is 25.7 Å². The van der Waals surface area contributed by atoms with Crippen molar-refractivity contribution in [3.05, 3.63) is 90.5 Å². The van der Waals surface area contributed by atoms with Crippen LogP contribution >= 0.6 is 0 Å². The second kappa shape index (κ2) is 12.5. The number of amides is 3. The van der Waals surface area contributed by atoms with Gasteiger partial charge in [0.15, 0.2) is 0 Å². The fourth-order valence-electron chi connectivity index (χ4n) is 7.46. The van der Waals surface area contributed by atoms with Crippen LogP contribution in [0.3, 0.4) is 0 Å². The average Bonchev–Trinajstić information content (AvgIpc) is 3.65. The van der Waals surface area contributed by atoms with Crippen molar-refractivity contribution < 1.29 is 24.2 Å². The Balaban J connectivity index is 1.57. The van der Waals surface area contributed by atoms with Gasteiger partial charge in [-0.3, -0.25) is 14.4 Å². The van der Waals surface area contributed by atoms with E-state index in [1.807, 2.05) is 69.3 Å². The van der Waals surface area contributed by atoms with Gasteiger partial charge in [-0.2, -0.15) is 0 Å². The molecule has 0 saturated carbocycles. The Morgan fingerprint density at radius 3 is 2.49 bits per heavy atom. The molecule has 2 bridgehead atoms. The van der Waals surface area contributed by atoms with Crippen LogP contribution in [0.15, 0.2) is 73.8 Å². The normalized spacial score (nSPS) is 26.2. The van der Waals surface area contributed by atoms with Gasteiger partial charge in [-0.15, -0.1) is 13.2 Å². The zero-order valence-electron chi connectivity index (χ0n) is 25.4. The van der Waals surface area contributed by atoms with Crippen LogP contribution in [0, 0.1) is 25.7 Å². The molecule has 8 nitrogen and oxygen atoms in total. The fraction of sp³-hybridized carbons (Fsp3) is 0.457. The molecular weight excluding hydrogens is 542 g/mol. The lowest BCUT2D eigenvalue weighted by Crippen LogP contribution is -2.59. The zero-order chi connectivity index (χ0) is 30.9. The molecule has 3 aliphatic heterocycles. The number of aryl methyl sites for hydroxylation is 2. The number of rotatable bonds is 12. The van der Waals surface area contributed by atoms with Gasteiger partial charge in [0, 0.05) is 25.3 Å². The number of nitrogens with zero attached hydrogens (tertiary/aromatic N) is 3. The van der Waals surface area contributed by atoms with E-state index in [9.17, 15) is 19.5 Å². The van der Waals surface area contributed by atoms with Crippen molar-refractivity contribution in [3.8, 4) is 0 Å². The second-order valence-corrected chi connectivity index (χ2v) is 12.1. The smallest absolute Gasteiger partial charge is 0.253 e. The van der Waals surface area contributed by atoms with Crippen molar-refractivity contribution in [1.29, 1.82) is 0 Å². The second-order valence-electron chi connectivity index (χ2n) is 12.1. The molecule has 5 rings (SSSR count). The highest BCUT2D eigenvalue weighted by Crippen LogP contribution is 2.59. The van der Waals surface area contributed by atoms with Gasteiger partial charge in [-0.05, 0) is 55.9 Å². The van der Waals surface area contributed by atoms with E-state index < -0.39 is 35.6 Å². The summed E-state index contributed by atoms with van der Waals surface area (Å²) in [4.78, 5) is 48.5. The van der Waals surface area contributed by atoms with E-state index in [0.717, 1.165) is 22.4 Å². The number of hydrogen-bond acceptors (Lipinski definition) is 5. The minimum absolute atomic E-state index is 0.170. The number of aliphatic hydroxyl groups is 1. The first-order valence-corrected chi connectivity index (χ1v) is 15.3. The topological polar surface area (TPSA) is 90.4 Å². The summed E-state index contributed by atoms with van der Waals surface area (Å²) in [5, 5.41) is 10.4. The Labute approximate surface area is 254 Å². The lowest BCUT2D eigenvalue weighted by molar-refractivity contribution is -0.147. The van der Waals surface area contributed by atoms with E-state index >= 15 is 0 Å². The Kier molecular flexibility index (Phi) is 8.90. The molecular formula is C35H43N3O5. The minimum Gasteiger partial charge on any atom is -0.394 e. The van der Waals surface area contributed by atoms with Crippen LogP contribution in [0.1, 0.15) is 42.9 Å². The maximum Gasteiger partial charge on any atom is 0.253 e. The molecule has 3 aliphatic rings. The molecule has 2 unspecified atom stereocenters. The van der Waals surface area contributed by atoms with Crippen LogP contribution in [-0.4, -0.2) is 76.1 Å². The molecule has 6 atom stereocenters. The molecule has 0 aromatic heterocycles. The molecule has 43 heavy (non-hydrogen) atoms. The lowest BCUT2D eigenvalue weighted by Gasteiger charge is -2.39. The van der Waals surface area contributed by atoms with Gasteiger partial charge in [0.1, 0.15) is 11.6 Å². The largest absolute Gasteiger partial charge is 0.394 e. The van der Waals surface area contributed by atoms with Crippen LogP contribution in [0.25, 0.3) is 0 Å². The van der Waals surface area contributed by atoms with Gasteiger partial charge < -0.3 is 24.5 Å². The maximum absolute atomic E-state index is 14.8. The first-order chi connectivity index (χ1) is 20.7. The van der Waals surface area contributed by atoms with E-state index in [2.05, 4.69) is 13.2 Å². The summed E-state index contributed by atoms with van der Waals surface area (Å²) >= 11 is 0. The molecule has 228 valence electrons. The molecule has 1 spiro atoms. The molecule has 2 aromatic rings. The van der Waals surface area contributed by atoms with Gasteiger partial charge in [-0.1, -0.05) is 61.5 Å². The molecule has 0 aliphatic carbocycles. The van der Waals surface area contributed by atoms with Crippen molar-refractivity contribution in [2.24, 2.45) is 11.8 Å². The molecule has 2 aromatic carbocycles. The Morgan fingerprint density at radius 1 is 1.12 bits per heavy atom. The van der Waals surface area contributed by atoms with Gasteiger partial charge >= 0.3 is 0 Å². The first-order valence-electron chi connectivity index (χ1n) is 15.3. The molecule has 3 fully saturated rings. The highest BCUT2D eigenvalue weighted by Gasteiger charge is 2.75. The van der Waals surface area contributed by atoms with Crippen molar-refractivity contribution in [2.75, 3.05) is 24.6 Å². The van der Waals surface area contributed by atoms with Crippen molar-refractivity contribution in [1.82, 2.24) is 9.80 Å². The van der Waals surface area contributed by atoms with Crippen molar-refractivity contribution in [2.45, 2.75) is 70.4 Å². The van der Waals surface area contributed by atoms with E-state index in [-0.39, 0.29) is 30.9 Å². The number of benzene rings is 2. The summed E-state index contributed by atoms with van der Waals surface area (Å²) in [5.41, 5.74) is 2.48. The third kappa shape index (κ3) is 5.21. The number of anilines is 1. The van der Waals surface area contributed by atoms with Gasteiger partial charge in [-0.25, -0.2) is 0 Å². The van der Waals surface area contributed by atoms with E-state index in [1.165, 1.54) is 0 Å². The number of aliphatic hydroxyl groups excluding tert-OH is 1. The summed E-state index contributed by atoms with van der Waals surface area (Å²) in [6.45, 7) is 14.2. The van der Waals surface area contributed by atoms with Gasteiger partial charge in [0.2, 0.25) is 11.8 Å². The number of ether oxygens (including phenoxy) is 1. The van der Waals surface area contributed by atoms with E-state index in [1.54, 1.807) is 26.9 Å². The highest BCUT2D eigenvalue weighted by atomic mass is 16.5. The first kappa shape index (κ1) is 30.7. The van der Waals surface area contributed by atoms with Crippen molar-refractivity contribution in [3.63, 3.8) is 0 Å². The third-order valence-electron chi connectivity index (χ3n) is 9.44. The summed E-state index contributed by atoms with van der Waals surface area (Å²) in [7, 11) is 0. The van der Waals surface area contributed by atoms with Gasteiger partial charge in [0.05, 0.1) is 30.6 Å². The zero-order valence-corrected chi connectivity index (χ0v) is 25.4. The monoisotopic (exact) mass is 585 g/mol. The number of hydrogen-bond donors (Lipinski definition) is 1. The number of carbonyl (C=O) groups excluding carboxylic acids is 3. The van der Waals surface area contributed by atoms with Gasteiger partial charge in [0.25, 0.3) is 5.91 Å². The third-order valence-corrected chi connectivity index (χ3v) is 9.44. The summed E-state index contributed by atoms with van der Waals surface area (Å²) < 4.78 is 6.70. The Bertz CT molecular complexity index is 1390. The van der Waals surface area contributed by atoms with Crippen LogP contribution < -0.4 is 4.90 Å². The van der Waals surface area contributed by atoms with Crippen molar-refractivity contribution >= 4 is 23.4 Å².